The van der Waals surface area contributed by atoms with Gasteiger partial charge in [-0.2, -0.15) is 5.26 Å². The van der Waals surface area contributed by atoms with Crippen molar-refractivity contribution in [3.05, 3.63) is 51.1 Å². The molecule has 2 rings (SSSR count). The van der Waals surface area contributed by atoms with E-state index in [1.54, 1.807) is 18.2 Å². The molecule has 0 saturated carbocycles. The Morgan fingerprint density at radius 1 is 1.06 bits per heavy atom. The zero-order valence-electron chi connectivity index (χ0n) is 9.12. The van der Waals surface area contributed by atoms with Crippen molar-refractivity contribution in [3.63, 3.8) is 0 Å². The van der Waals surface area contributed by atoms with Gasteiger partial charge in [0.15, 0.2) is 0 Å². The van der Waals surface area contributed by atoms with Crippen molar-refractivity contribution in [2.24, 2.45) is 0 Å². The minimum absolute atomic E-state index is 0.257. The second kappa shape index (κ2) is 5.58. The van der Waals surface area contributed by atoms with E-state index < -0.39 is 0 Å². The van der Waals surface area contributed by atoms with Crippen molar-refractivity contribution in [2.75, 3.05) is 0 Å². The fourth-order valence-electron chi connectivity index (χ4n) is 1.53. The van der Waals surface area contributed by atoms with Crippen molar-refractivity contribution in [3.8, 4) is 17.3 Å². The van der Waals surface area contributed by atoms with Crippen LogP contribution in [0.25, 0.3) is 11.3 Å². The lowest BCUT2D eigenvalue weighted by molar-refractivity contribution is 1.12. The van der Waals surface area contributed by atoms with Crippen LogP contribution in [0.4, 0.5) is 0 Å². The summed E-state index contributed by atoms with van der Waals surface area (Å²) in [7, 11) is 0. The van der Waals surface area contributed by atoms with Gasteiger partial charge in [0.1, 0.15) is 0 Å². The number of rotatable bonds is 2. The third-order valence-corrected chi connectivity index (χ3v) is 3.67. The van der Waals surface area contributed by atoms with E-state index in [2.05, 4.69) is 11.1 Å². The van der Waals surface area contributed by atoms with Crippen LogP contribution >= 0.6 is 34.8 Å². The highest BCUT2D eigenvalue weighted by Crippen LogP contribution is 2.37. The van der Waals surface area contributed by atoms with Gasteiger partial charge in [0.25, 0.3) is 0 Å². The van der Waals surface area contributed by atoms with E-state index in [1.807, 2.05) is 12.1 Å². The lowest BCUT2D eigenvalue weighted by Gasteiger charge is -2.07. The first-order valence-electron chi connectivity index (χ1n) is 5.10. The second-order valence-corrected chi connectivity index (χ2v) is 4.74. The number of halogens is 3. The monoisotopic (exact) mass is 296 g/mol. The summed E-state index contributed by atoms with van der Waals surface area (Å²) >= 11 is 18.0. The fraction of sp³-hybridized carbons (Fsp3) is 0.0769. The van der Waals surface area contributed by atoms with Crippen molar-refractivity contribution in [2.45, 2.75) is 6.42 Å². The molecule has 2 nitrogen and oxygen atoms in total. The molecular weight excluding hydrogens is 291 g/mol. The van der Waals surface area contributed by atoms with Crippen LogP contribution in [0.2, 0.25) is 15.1 Å². The average Bonchev–Trinajstić information content (AvgIpc) is 2.37. The molecular formula is C13H7Cl3N2. The Balaban J connectivity index is 2.53. The number of hydrogen-bond acceptors (Lipinski definition) is 2. The third-order valence-electron chi connectivity index (χ3n) is 2.38. The average molecular weight is 298 g/mol. The van der Waals surface area contributed by atoms with Gasteiger partial charge >= 0.3 is 0 Å². The molecule has 1 aromatic carbocycles. The van der Waals surface area contributed by atoms with Crippen LogP contribution in [0.1, 0.15) is 5.69 Å². The first-order valence-corrected chi connectivity index (χ1v) is 6.23. The SMILES string of the molecule is N#CCc1cccc(-c2ccc(Cl)c(Cl)c2Cl)n1. The van der Waals surface area contributed by atoms with E-state index in [1.165, 1.54) is 0 Å². The molecule has 90 valence electrons. The van der Waals surface area contributed by atoms with Crippen molar-refractivity contribution in [1.82, 2.24) is 4.98 Å². The van der Waals surface area contributed by atoms with Crippen molar-refractivity contribution >= 4 is 34.8 Å². The number of hydrogen-bond donors (Lipinski definition) is 0. The predicted molar refractivity (Wildman–Crippen MR) is 74.0 cm³/mol. The Kier molecular flexibility index (Phi) is 4.08. The topological polar surface area (TPSA) is 36.7 Å². The van der Waals surface area contributed by atoms with Crippen molar-refractivity contribution in [1.29, 1.82) is 5.26 Å². The number of aromatic nitrogens is 1. The highest BCUT2D eigenvalue weighted by atomic mass is 35.5. The van der Waals surface area contributed by atoms with E-state index in [0.717, 1.165) is 0 Å². The Morgan fingerprint density at radius 2 is 1.83 bits per heavy atom. The summed E-state index contributed by atoms with van der Waals surface area (Å²) in [5, 5.41) is 9.74. The molecule has 0 unspecified atom stereocenters. The molecule has 0 spiro atoms. The number of nitrogens with zero attached hydrogens (tertiary/aromatic N) is 2. The standard InChI is InChI=1S/C13H7Cl3N2/c14-10-5-4-9(12(15)13(10)16)11-3-1-2-8(18-11)6-7-17/h1-5H,6H2. The molecule has 0 fully saturated rings. The van der Waals surface area contributed by atoms with Crippen LogP contribution in [-0.4, -0.2) is 4.98 Å². The molecule has 0 aliphatic carbocycles. The first-order chi connectivity index (χ1) is 8.63. The maximum atomic E-state index is 8.66. The summed E-state index contributed by atoms with van der Waals surface area (Å²) in [4.78, 5) is 4.36. The van der Waals surface area contributed by atoms with Crippen LogP contribution < -0.4 is 0 Å². The Morgan fingerprint density at radius 3 is 2.56 bits per heavy atom. The smallest absolute Gasteiger partial charge is 0.0785 e. The van der Waals surface area contributed by atoms with Crippen LogP contribution in [0.3, 0.4) is 0 Å². The summed E-state index contributed by atoms with van der Waals surface area (Å²) in [6.07, 6.45) is 0.257. The van der Waals surface area contributed by atoms with Gasteiger partial charge in [0.05, 0.1) is 38.9 Å². The van der Waals surface area contributed by atoms with Gasteiger partial charge in [-0.05, 0) is 24.3 Å². The number of benzene rings is 1. The molecule has 0 bridgehead atoms. The molecule has 0 aliphatic heterocycles. The second-order valence-electron chi connectivity index (χ2n) is 3.57. The maximum absolute atomic E-state index is 8.66. The first kappa shape index (κ1) is 13.2. The van der Waals surface area contributed by atoms with Gasteiger partial charge in [0.2, 0.25) is 0 Å². The summed E-state index contributed by atoms with van der Waals surface area (Å²) < 4.78 is 0. The summed E-state index contributed by atoms with van der Waals surface area (Å²) in [5.41, 5.74) is 2.06. The van der Waals surface area contributed by atoms with Gasteiger partial charge in [-0.15, -0.1) is 0 Å². The molecule has 0 aliphatic rings. The molecule has 1 aromatic heterocycles. The number of pyridine rings is 1. The zero-order chi connectivity index (χ0) is 13.1. The minimum Gasteiger partial charge on any atom is -0.252 e. The predicted octanol–water partition coefficient (Wildman–Crippen LogP) is 4.77. The van der Waals surface area contributed by atoms with Gasteiger partial charge in [-0.25, -0.2) is 0 Å². The number of nitriles is 1. The highest BCUT2D eigenvalue weighted by Gasteiger charge is 2.11. The minimum atomic E-state index is 0.257. The highest BCUT2D eigenvalue weighted by molar-refractivity contribution is 6.49. The molecule has 18 heavy (non-hydrogen) atoms. The van der Waals surface area contributed by atoms with Gasteiger partial charge < -0.3 is 0 Å². The van der Waals surface area contributed by atoms with Gasteiger partial charge in [-0.3, -0.25) is 4.98 Å². The van der Waals surface area contributed by atoms with E-state index in [4.69, 9.17) is 40.1 Å². The lowest BCUT2D eigenvalue weighted by atomic mass is 10.1. The zero-order valence-corrected chi connectivity index (χ0v) is 11.4. The molecule has 0 radical (unpaired) electrons. The van der Waals surface area contributed by atoms with Crippen LogP contribution in [0.15, 0.2) is 30.3 Å². The van der Waals surface area contributed by atoms with E-state index in [9.17, 15) is 0 Å². The van der Waals surface area contributed by atoms with Gasteiger partial charge in [0, 0.05) is 5.56 Å². The molecule has 2 aromatic rings. The van der Waals surface area contributed by atoms with Crippen molar-refractivity contribution < 1.29 is 0 Å². The molecule has 1 heterocycles. The lowest BCUT2D eigenvalue weighted by Crippen LogP contribution is -1.91. The van der Waals surface area contributed by atoms with Crippen LogP contribution in [-0.2, 0) is 6.42 Å². The van der Waals surface area contributed by atoms with Gasteiger partial charge in [-0.1, -0.05) is 40.9 Å². The quantitative estimate of drug-likeness (QED) is 0.748. The summed E-state index contributed by atoms with van der Waals surface area (Å²) in [6, 6.07) is 10.9. The largest absolute Gasteiger partial charge is 0.252 e. The normalized spacial score (nSPS) is 10.1. The molecule has 0 amide bonds. The molecule has 0 atom stereocenters. The van der Waals surface area contributed by atoms with Crippen LogP contribution in [0, 0.1) is 11.3 Å². The Labute approximate surface area is 120 Å². The Hall–Kier alpha value is -1.27. The maximum Gasteiger partial charge on any atom is 0.0785 e. The Bertz CT molecular complexity index is 633. The van der Waals surface area contributed by atoms with E-state index in [-0.39, 0.29) is 6.42 Å². The molecule has 5 heteroatoms. The van der Waals surface area contributed by atoms with Crippen LogP contribution in [0.5, 0.6) is 0 Å². The third kappa shape index (κ3) is 2.59. The fourth-order valence-corrected chi connectivity index (χ4v) is 2.17. The van der Waals surface area contributed by atoms with E-state index >= 15 is 0 Å². The molecule has 0 saturated heterocycles. The molecule has 0 N–H and O–H groups in total. The summed E-state index contributed by atoms with van der Waals surface area (Å²) in [6.45, 7) is 0. The van der Waals surface area contributed by atoms with E-state index in [0.29, 0.717) is 32.0 Å². The summed E-state index contributed by atoms with van der Waals surface area (Å²) in [5.74, 6) is 0.